The highest BCUT2D eigenvalue weighted by Crippen LogP contribution is 2.03. The topological polar surface area (TPSA) is 105 Å². The molecular weight excluding hydrogens is 276 g/mol. The standard InChI is InChI=1S/C14H22N2O5/c1-3-20-13(18)12(14(19)21-4-2)16-11(17)9-7-5-6-8-10-15/h12H,3-9H2,1-2H3,(H,16,17). The maximum absolute atomic E-state index is 11.7. The highest BCUT2D eigenvalue weighted by molar-refractivity contribution is 6.02. The lowest BCUT2D eigenvalue weighted by Crippen LogP contribution is -2.48. The number of rotatable bonds is 10. The summed E-state index contributed by atoms with van der Waals surface area (Å²) in [5, 5.41) is 10.7. The molecule has 0 aliphatic heterocycles. The average Bonchev–Trinajstić information content (AvgIpc) is 2.45. The Balaban J connectivity index is 4.32. The van der Waals surface area contributed by atoms with E-state index < -0.39 is 23.9 Å². The predicted molar refractivity (Wildman–Crippen MR) is 73.9 cm³/mol. The van der Waals surface area contributed by atoms with E-state index in [1.165, 1.54) is 0 Å². The monoisotopic (exact) mass is 298 g/mol. The van der Waals surface area contributed by atoms with Gasteiger partial charge in [0, 0.05) is 12.8 Å². The van der Waals surface area contributed by atoms with E-state index >= 15 is 0 Å². The first-order valence-corrected chi connectivity index (χ1v) is 7.06. The van der Waals surface area contributed by atoms with Gasteiger partial charge in [0.05, 0.1) is 19.3 Å². The number of nitrogens with one attached hydrogen (secondary N) is 1. The molecule has 0 saturated carbocycles. The second-order valence-corrected chi connectivity index (χ2v) is 4.22. The number of hydrogen-bond acceptors (Lipinski definition) is 6. The Morgan fingerprint density at radius 2 is 1.62 bits per heavy atom. The maximum atomic E-state index is 11.7. The first-order valence-electron chi connectivity index (χ1n) is 7.06. The summed E-state index contributed by atoms with van der Waals surface area (Å²) in [5.74, 6) is -2.07. The molecule has 0 aliphatic carbocycles. The smallest absolute Gasteiger partial charge is 0.340 e. The van der Waals surface area contributed by atoms with Gasteiger partial charge in [0.15, 0.2) is 0 Å². The van der Waals surface area contributed by atoms with Gasteiger partial charge in [-0.2, -0.15) is 5.26 Å². The van der Waals surface area contributed by atoms with E-state index in [2.05, 4.69) is 5.32 Å². The minimum atomic E-state index is -1.42. The number of nitrogens with zero attached hydrogens (tertiary/aromatic N) is 1. The minimum absolute atomic E-state index is 0.110. The summed E-state index contributed by atoms with van der Waals surface area (Å²) in [4.78, 5) is 35.0. The van der Waals surface area contributed by atoms with Gasteiger partial charge in [0.25, 0.3) is 0 Å². The predicted octanol–water partition coefficient (Wildman–Crippen LogP) is 1.07. The lowest BCUT2D eigenvalue weighted by atomic mass is 10.1. The Hall–Kier alpha value is -2.10. The van der Waals surface area contributed by atoms with Gasteiger partial charge in [-0.05, 0) is 26.7 Å². The Morgan fingerprint density at radius 1 is 1.05 bits per heavy atom. The molecule has 0 radical (unpaired) electrons. The molecular formula is C14H22N2O5. The molecule has 1 N–H and O–H groups in total. The van der Waals surface area contributed by atoms with Crippen molar-refractivity contribution in [3.8, 4) is 6.07 Å². The van der Waals surface area contributed by atoms with E-state index in [-0.39, 0.29) is 19.6 Å². The van der Waals surface area contributed by atoms with Gasteiger partial charge < -0.3 is 14.8 Å². The molecule has 0 spiro atoms. The quantitative estimate of drug-likeness (QED) is 0.367. The first kappa shape index (κ1) is 18.9. The van der Waals surface area contributed by atoms with Crippen LogP contribution in [0.2, 0.25) is 0 Å². The Morgan fingerprint density at radius 3 is 2.10 bits per heavy atom. The van der Waals surface area contributed by atoms with Gasteiger partial charge in [0.1, 0.15) is 0 Å². The SMILES string of the molecule is CCOC(=O)C(NC(=O)CCCCCC#N)C(=O)OCC. The van der Waals surface area contributed by atoms with E-state index in [9.17, 15) is 14.4 Å². The average molecular weight is 298 g/mol. The number of amides is 1. The molecule has 0 aromatic heterocycles. The van der Waals surface area contributed by atoms with Crippen LogP contribution in [0.25, 0.3) is 0 Å². The second kappa shape index (κ2) is 11.7. The number of unbranched alkanes of at least 4 members (excludes halogenated alkanes) is 3. The molecule has 0 rings (SSSR count). The van der Waals surface area contributed by atoms with Crippen molar-refractivity contribution in [1.29, 1.82) is 5.26 Å². The van der Waals surface area contributed by atoms with Crippen molar-refractivity contribution in [3.05, 3.63) is 0 Å². The highest BCUT2D eigenvalue weighted by Gasteiger charge is 2.30. The van der Waals surface area contributed by atoms with Crippen LogP contribution in [0, 0.1) is 11.3 Å². The fourth-order valence-electron chi connectivity index (χ4n) is 1.56. The van der Waals surface area contributed by atoms with Crippen molar-refractivity contribution in [2.75, 3.05) is 13.2 Å². The fraction of sp³-hybridized carbons (Fsp3) is 0.714. The molecule has 0 heterocycles. The Kier molecular flexibility index (Phi) is 10.5. The van der Waals surface area contributed by atoms with Crippen LogP contribution in [-0.4, -0.2) is 37.1 Å². The molecule has 0 atom stereocenters. The summed E-state index contributed by atoms with van der Waals surface area (Å²) < 4.78 is 9.48. The molecule has 0 aromatic carbocycles. The van der Waals surface area contributed by atoms with Crippen molar-refractivity contribution < 1.29 is 23.9 Å². The van der Waals surface area contributed by atoms with Crippen LogP contribution in [0.15, 0.2) is 0 Å². The van der Waals surface area contributed by atoms with E-state index in [1.54, 1.807) is 13.8 Å². The van der Waals surface area contributed by atoms with Gasteiger partial charge in [-0.25, -0.2) is 9.59 Å². The summed E-state index contributed by atoms with van der Waals surface area (Å²) in [6.07, 6.45) is 2.69. The maximum Gasteiger partial charge on any atom is 0.340 e. The Bertz CT molecular complexity index is 371. The number of esters is 2. The van der Waals surface area contributed by atoms with Crippen molar-refractivity contribution in [1.82, 2.24) is 5.32 Å². The lowest BCUT2D eigenvalue weighted by molar-refractivity contribution is -0.159. The van der Waals surface area contributed by atoms with E-state index in [0.717, 1.165) is 12.8 Å². The van der Waals surface area contributed by atoms with Crippen molar-refractivity contribution >= 4 is 17.8 Å². The largest absolute Gasteiger partial charge is 0.464 e. The summed E-state index contributed by atoms with van der Waals surface area (Å²) in [7, 11) is 0. The summed E-state index contributed by atoms with van der Waals surface area (Å²) in [5.41, 5.74) is 0. The molecule has 1 amide bonds. The van der Waals surface area contributed by atoms with Gasteiger partial charge >= 0.3 is 11.9 Å². The van der Waals surface area contributed by atoms with Crippen LogP contribution in [0.5, 0.6) is 0 Å². The number of ether oxygens (including phenoxy) is 2. The minimum Gasteiger partial charge on any atom is -0.464 e. The molecule has 0 aromatic rings. The zero-order chi connectivity index (χ0) is 16.1. The van der Waals surface area contributed by atoms with Crippen LogP contribution >= 0.6 is 0 Å². The van der Waals surface area contributed by atoms with E-state index in [1.807, 2.05) is 6.07 Å². The van der Waals surface area contributed by atoms with Gasteiger partial charge in [0.2, 0.25) is 11.9 Å². The van der Waals surface area contributed by atoms with E-state index in [0.29, 0.717) is 12.8 Å². The molecule has 0 fully saturated rings. The zero-order valence-electron chi connectivity index (χ0n) is 12.5. The van der Waals surface area contributed by atoms with Gasteiger partial charge in [-0.15, -0.1) is 0 Å². The van der Waals surface area contributed by atoms with Crippen molar-refractivity contribution in [2.24, 2.45) is 0 Å². The van der Waals surface area contributed by atoms with Gasteiger partial charge in [-0.1, -0.05) is 6.42 Å². The molecule has 7 heteroatoms. The Labute approximate surface area is 124 Å². The summed E-state index contributed by atoms with van der Waals surface area (Å²) in [6, 6.07) is 0.603. The lowest BCUT2D eigenvalue weighted by Gasteiger charge is -2.15. The summed E-state index contributed by atoms with van der Waals surface area (Å²) in [6.45, 7) is 3.44. The second-order valence-electron chi connectivity index (χ2n) is 4.22. The first-order chi connectivity index (χ1) is 10.1. The van der Waals surface area contributed by atoms with Crippen LogP contribution in [-0.2, 0) is 23.9 Å². The third-order valence-electron chi connectivity index (χ3n) is 2.54. The molecule has 0 saturated heterocycles. The zero-order valence-corrected chi connectivity index (χ0v) is 12.5. The van der Waals surface area contributed by atoms with E-state index in [4.69, 9.17) is 14.7 Å². The van der Waals surface area contributed by atoms with Crippen LogP contribution in [0.1, 0.15) is 46.0 Å². The number of carbonyl (C=O) groups is 3. The molecule has 0 unspecified atom stereocenters. The molecule has 0 aliphatic rings. The van der Waals surface area contributed by atoms with Crippen LogP contribution in [0.3, 0.4) is 0 Å². The molecule has 7 nitrogen and oxygen atoms in total. The normalized spacial score (nSPS) is 9.81. The van der Waals surface area contributed by atoms with Gasteiger partial charge in [-0.3, -0.25) is 4.79 Å². The van der Waals surface area contributed by atoms with Crippen molar-refractivity contribution in [3.63, 3.8) is 0 Å². The third kappa shape index (κ3) is 8.63. The molecule has 0 bridgehead atoms. The van der Waals surface area contributed by atoms with Crippen molar-refractivity contribution in [2.45, 2.75) is 52.0 Å². The number of carbonyl (C=O) groups excluding carboxylic acids is 3. The molecule has 21 heavy (non-hydrogen) atoms. The molecule has 118 valence electrons. The highest BCUT2D eigenvalue weighted by atomic mass is 16.6. The summed E-state index contributed by atoms with van der Waals surface area (Å²) >= 11 is 0. The fourth-order valence-corrected chi connectivity index (χ4v) is 1.56. The van der Waals surface area contributed by atoms with Crippen LogP contribution in [0.4, 0.5) is 0 Å². The third-order valence-corrected chi connectivity index (χ3v) is 2.54. The number of nitriles is 1. The number of hydrogen-bond donors (Lipinski definition) is 1. The van der Waals surface area contributed by atoms with Crippen LogP contribution < -0.4 is 5.32 Å².